The van der Waals surface area contributed by atoms with Gasteiger partial charge in [0, 0.05) is 11.1 Å². The summed E-state index contributed by atoms with van der Waals surface area (Å²) in [6, 6.07) is 16.0. The largest absolute Gasteiger partial charge is 0.384 e. The van der Waals surface area contributed by atoms with Crippen LogP contribution in [0.2, 0.25) is 0 Å². The molecule has 3 N–H and O–H groups in total. The number of anilines is 1. The zero-order valence-electron chi connectivity index (χ0n) is 8.64. The highest BCUT2D eigenvalue weighted by Crippen LogP contribution is 2.23. The summed E-state index contributed by atoms with van der Waals surface area (Å²) >= 11 is 0. The Hall–Kier alpha value is -2.29. The minimum atomic E-state index is 0.536. The monoisotopic (exact) mass is 209 g/mol. The van der Waals surface area contributed by atoms with Crippen molar-refractivity contribution in [2.24, 2.45) is 0 Å². The fourth-order valence-electron chi connectivity index (χ4n) is 1.79. The number of nitrogens with zero attached hydrogens (tertiary/aromatic N) is 1. The van der Waals surface area contributed by atoms with E-state index >= 15 is 0 Å². The summed E-state index contributed by atoms with van der Waals surface area (Å²) in [6.07, 6.45) is 0. The molecule has 2 aromatic heterocycles. The van der Waals surface area contributed by atoms with Crippen LogP contribution in [-0.2, 0) is 0 Å². The van der Waals surface area contributed by atoms with Crippen LogP contribution >= 0.6 is 0 Å². The molecule has 0 saturated heterocycles. The van der Waals surface area contributed by atoms with Crippen molar-refractivity contribution in [2.45, 2.75) is 0 Å². The first-order chi connectivity index (χ1) is 7.83. The van der Waals surface area contributed by atoms with Gasteiger partial charge in [-0.3, -0.25) is 0 Å². The lowest BCUT2D eigenvalue weighted by molar-refractivity contribution is 1.33. The molecule has 3 rings (SSSR count). The third-order valence-corrected chi connectivity index (χ3v) is 2.59. The fourth-order valence-corrected chi connectivity index (χ4v) is 1.79. The molecule has 0 saturated carbocycles. The van der Waals surface area contributed by atoms with Gasteiger partial charge in [0.05, 0.1) is 0 Å². The zero-order chi connectivity index (χ0) is 11.0. The van der Waals surface area contributed by atoms with Crippen LogP contribution in [0.1, 0.15) is 0 Å². The summed E-state index contributed by atoms with van der Waals surface area (Å²) in [5, 5.41) is 1.08. The first kappa shape index (κ1) is 8.97. The van der Waals surface area contributed by atoms with Crippen molar-refractivity contribution in [2.75, 3.05) is 5.73 Å². The van der Waals surface area contributed by atoms with Crippen LogP contribution in [0.25, 0.3) is 22.3 Å². The number of pyridine rings is 1. The van der Waals surface area contributed by atoms with Gasteiger partial charge in [-0.15, -0.1) is 0 Å². The molecular weight excluding hydrogens is 198 g/mol. The fraction of sp³-hybridized carbons (Fsp3) is 0. The summed E-state index contributed by atoms with van der Waals surface area (Å²) in [7, 11) is 0. The number of fused-ring (bicyclic) bond motifs is 1. The van der Waals surface area contributed by atoms with Gasteiger partial charge in [-0.25, -0.2) is 4.98 Å². The minimum Gasteiger partial charge on any atom is -0.384 e. The lowest BCUT2D eigenvalue weighted by Crippen LogP contribution is -1.88. The van der Waals surface area contributed by atoms with Gasteiger partial charge in [0.2, 0.25) is 0 Å². The normalized spacial score (nSPS) is 10.8. The molecule has 16 heavy (non-hydrogen) atoms. The van der Waals surface area contributed by atoms with E-state index < -0.39 is 0 Å². The summed E-state index contributed by atoms with van der Waals surface area (Å²) in [5.41, 5.74) is 8.69. The molecule has 0 atom stereocenters. The van der Waals surface area contributed by atoms with Crippen molar-refractivity contribution in [3.63, 3.8) is 0 Å². The molecule has 0 amide bonds. The number of H-pyrrole nitrogens is 1. The first-order valence-electron chi connectivity index (χ1n) is 5.13. The molecule has 78 valence electrons. The van der Waals surface area contributed by atoms with Gasteiger partial charge in [-0.2, -0.15) is 0 Å². The van der Waals surface area contributed by atoms with Gasteiger partial charge in [0.25, 0.3) is 0 Å². The summed E-state index contributed by atoms with van der Waals surface area (Å²) in [6.45, 7) is 0. The van der Waals surface area contributed by atoms with Crippen molar-refractivity contribution in [1.82, 2.24) is 9.97 Å². The van der Waals surface area contributed by atoms with Gasteiger partial charge in [-0.1, -0.05) is 30.3 Å². The Morgan fingerprint density at radius 1 is 1.00 bits per heavy atom. The van der Waals surface area contributed by atoms with Gasteiger partial charge in [0.1, 0.15) is 11.5 Å². The predicted molar refractivity (Wildman–Crippen MR) is 65.9 cm³/mol. The number of hydrogen-bond donors (Lipinski definition) is 2. The Morgan fingerprint density at radius 3 is 2.62 bits per heavy atom. The molecule has 1 aromatic carbocycles. The average Bonchev–Trinajstić information content (AvgIpc) is 2.73. The molecule has 0 bridgehead atoms. The van der Waals surface area contributed by atoms with E-state index in [1.807, 2.05) is 30.3 Å². The number of aromatic nitrogens is 2. The summed E-state index contributed by atoms with van der Waals surface area (Å²) in [5.74, 6) is 0.536. The smallest absolute Gasteiger partial charge is 0.140 e. The van der Waals surface area contributed by atoms with Gasteiger partial charge >= 0.3 is 0 Å². The molecule has 0 spiro atoms. The highest BCUT2D eigenvalue weighted by molar-refractivity contribution is 5.83. The molecule has 3 nitrogen and oxygen atoms in total. The molecule has 0 aliphatic heterocycles. The van der Waals surface area contributed by atoms with E-state index in [-0.39, 0.29) is 0 Å². The van der Waals surface area contributed by atoms with Crippen LogP contribution in [0.4, 0.5) is 5.82 Å². The van der Waals surface area contributed by atoms with Crippen LogP contribution in [0.15, 0.2) is 48.5 Å². The number of rotatable bonds is 1. The molecule has 3 aromatic rings. The van der Waals surface area contributed by atoms with Gasteiger partial charge < -0.3 is 10.7 Å². The maximum absolute atomic E-state index is 5.64. The Morgan fingerprint density at radius 2 is 1.81 bits per heavy atom. The van der Waals surface area contributed by atoms with Crippen molar-refractivity contribution >= 4 is 16.9 Å². The second-order valence-electron chi connectivity index (χ2n) is 3.72. The topological polar surface area (TPSA) is 54.7 Å². The Labute approximate surface area is 92.9 Å². The number of hydrogen-bond acceptors (Lipinski definition) is 2. The van der Waals surface area contributed by atoms with E-state index in [0.29, 0.717) is 5.82 Å². The van der Waals surface area contributed by atoms with Crippen molar-refractivity contribution in [3.05, 3.63) is 48.5 Å². The number of aromatic amines is 1. The quantitative estimate of drug-likeness (QED) is 0.647. The molecule has 0 unspecified atom stereocenters. The second-order valence-corrected chi connectivity index (χ2v) is 3.72. The molecular formula is C13H11N3. The number of nitrogens with two attached hydrogens (primary N) is 1. The van der Waals surface area contributed by atoms with Crippen molar-refractivity contribution in [3.8, 4) is 11.3 Å². The van der Waals surface area contributed by atoms with Gasteiger partial charge in [0.15, 0.2) is 0 Å². The second kappa shape index (κ2) is 3.38. The summed E-state index contributed by atoms with van der Waals surface area (Å²) in [4.78, 5) is 7.51. The summed E-state index contributed by atoms with van der Waals surface area (Å²) < 4.78 is 0. The molecule has 0 fully saturated rings. The van der Waals surface area contributed by atoms with E-state index in [9.17, 15) is 0 Å². The van der Waals surface area contributed by atoms with Crippen LogP contribution in [-0.4, -0.2) is 9.97 Å². The van der Waals surface area contributed by atoms with E-state index in [1.54, 1.807) is 0 Å². The lowest BCUT2D eigenvalue weighted by atomic mass is 10.1. The molecule has 0 aliphatic rings. The SMILES string of the molecule is Nc1ccc2cc(-c3ccccc3)[nH]c2n1. The van der Waals surface area contributed by atoms with E-state index in [1.165, 1.54) is 0 Å². The van der Waals surface area contributed by atoms with E-state index in [4.69, 9.17) is 5.73 Å². The van der Waals surface area contributed by atoms with Crippen molar-refractivity contribution < 1.29 is 0 Å². The van der Waals surface area contributed by atoms with E-state index in [0.717, 1.165) is 22.3 Å². The van der Waals surface area contributed by atoms with Crippen LogP contribution in [0, 0.1) is 0 Å². The first-order valence-corrected chi connectivity index (χ1v) is 5.13. The molecule has 0 aliphatic carbocycles. The minimum absolute atomic E-state index is 0.536. The standard InChI is InChI=1S/C13H11N3/c14-12-7-6-10-8-11(15-13(10)16-12)9-4-2-1-3-5-9/h1-8H,(H3,14,15,16). The average molecular weight is 209 g/mol. The van der Waals surface area contributed by atoms with Crippen LogP contribution in [0.5, 0.6) is 0 Å². The van der Waals surface area contributed by atoms with Crippen molar-refractivity contribution in [1.29, 1.82) is 0 Å². The highest BCUT2D eigenvalue weighted by atomic mass is 14.9. The third kappa shape index (κ3) is 1.42. The lowest BCUT2D eigenvalue weighted by Gasteiger charge is -1.94. The van der Waals surface area contributed by atoms with Crippen LogP contribution < -0.4 is 5.73 Å². The predicted octanol–water partition coefficient (Wildman–Crippen LogP) is 2.81. The maximum Gasteiger partial charge on any atom is 0.140 e. The Bertz CT molecular complexity index is 626. The van der Waals surface area contributed by atoms with Crippen LogP contribution in [0.3, 0.4) is 0 Å². The molecule has 0 radical (unpaired) electrons. The number of nitrogen functional groups attached to an aromatic ring is 1. The van der Waals surface area contributed by atoms with E-state index in [2.05, 4.69) is 28.2 Å². The Kier molecular flexibility index (Phi) is 1.90. The molecule has 3 heteroatoms. The zero-order valence-corrected chi connectivity index (χ0v) is 8.64. The maximum atomic E-state index is 5.64. The highest BCUT2D eigenvalue weighted by Gasteiger charge is 2.03. The molecule has 2 heterocycles. The number of nitrogens with one attached hydrogen (secondary N) is 1. The number of benzene rings is 1. The van der Waals surface area contributed by atoms with Gasteiger partial charge in [-0.05, 0) is 23.8 Å². The third-order valence-electron chi connectivity index (χ3n) is 2.59. The Balaban J connectivity index is 2.19.